The molecule has 0 saturated heterocycles. The molecule has 0 fully saturated rings. The highest BCUT2D eigenvalue weighted by Gasteiger charge is 2.13. The normalized spacial score (nSPS) is 12.8. The number of aryl methyl sites for hydroxylation is 3. The third kappa shape index (κ3) is 4.07. The van der Waals surface area contributed by atoms with Crippen LogP contribution in [-0.2, 0) is 6.54 Å². The van der Waals surface area contributed by atoms with E-state index in [1.165, 1.54) is 22.3 Å². The molecule has 0 aromatic heterocycles. The summed E-state index contributed by atoms with van der Waals surface area (Å²) in [5, 5.41) is 0. The molecule has 0 aliphatic rings. The predicted molar refractivity (Wildman–Crippen MR) is 83.0 cm³/mol. The Morgan fingerprint density at radius 3 is 2.22 bits per heavy atom. The summed E-state index contributed by atoms with van der Waals surface area (Å²) in [6.07, 6.45) is 0.774. The van der Waals surface area contributed by atoms with Crippen LogP contribution in [0.5, 0.6) is 0 Å². The molecule has 0 heterocycles. The van der Waals surface area contributed by atoms with Gasteiger partial charge in [-0.15, -0.1) is 0 Å². The molecule has 0 amide bonds. The molecule has 0 aliphatic heterocycles. The van der Waals surface area contributed by atoms with Crippen LogP contribution in [0, 0.1) is 20.8 Å². The van der Waals surface area contributed by atoms with Crippen molar-refractivity contribution in [3.05, 3.63) is 34.4 Å². The molecule has 0 spiro atoms. The molecular weight excluding hydrogens is 240 g/mol. The molecule has 0 radical (unpaired) electrons. The first-order chi connectivity index (χ1) is 8.31. The fraction of sp³-hybridized carbons (Fsp3) is 0.533. The summed E-state index contributed by atoms with van der Waals surface area (Å²) in [5.41, 5.74) is 11.1. The van der Waals surface area contributed by atoms with Gasteiger partial charge in [-0.25, -0.2) is 0 Å². The zero-order valence-corrected chi connectivity index (χ0v) is 12.9. The molecule has 1 atom stereocenters. The molecule has 18 heavy (non-hydrogen) atoms. The third-order valence-electron chi connectivity index (χ3n) is 3.50. The van der Waals surface area contributed by atoms with Crippen LogP contribution < -0.4 is 5.73 Å². The number of nitrogens with two attached hydrogens (primary N) is 1. The highest BCUT2D eigenvalue weighted by molar-refractivity contribution is 7.80. The third-order valence-corrected chi connectivity index (χ3v) is 3.66. The van der Waals surface area contributed by atoms with Gasteiger partial charge < -0.3 is 5.73 Å². The predicted octanol–water partition coefficient (Wildman–Crippen LogP) is 3.11. The van der Waals surface area contributed by atoms with E-state index in [9.17, 15) is 0 Å². The van der Waals surface area contributed by atoms with Crippen molar-refractivity contribution >= 4 is 17.2 Å². The molecule has 1 aromatic carbocycles. The van der Waals surface area contributed by atoms with E-state index < -0.39 is 0 Å². The first-order valence-electron chi connectivity index (χ1n) is 6.36. The second-order valence-corrected chi connectivity index (χ2v) is 5.84. The number of nitrogens with zero attached hydrogens (tertiary/aromatic N) is 1. The SMILES string of the molecule is Cc1cc(C)c(CN(C)C(C)CC(N)=S)c(C)c1. The number of thiocarbonyl (C=S) groups is 1. The summed E-state index contributed by atoms with van der Waals surface area (Å²) in [6, 6.07) is 4.87. The average Bonchev–Trinajstić information content (AvgIpc) is 2.21. The summed E-state index contributed by atoms with van der Waals surface area (Å²) in [5.74, 6) is 0. The fourth-order valence-corrected chi connectivity index (χ4v) is 2.55. The smallest absolute Gasteiger partial charge is 0.0742 e. The van der Waals surface area contributed by atoms with Gasteiger partial charge in [-0.3, -0.25) is 4.90 Å². The molecule has 2 nitrogen and oxygen atoms in total. The maximum absolute atomic E-state index is 5.61. The van der Waals surface area contributed by atoms with E-state index >= 15 is 0 Å². The van der Waals surface area contributed by atoms with Crippen molar-refractivity contribution in [2.24, 2.45) is 5.73 Å². The molecule has 100 valence electrons. The molecule has 3 heteroatoms. The summed E-state index contributed by atoms with van der Waals surface area (Å²) in [4.78, 5) is 2.90. The lowest BCUT2D eigenvalue weighted by Gasteiger charge is -2.26. The number of rotatable bonds is 5. The zero-order valence-electron chi connectivity index (χ0n) is 12.1. The number of hydrogen-bond acceptors (Lipinski definition) is 2. The Hall–Kier alpha value is -0.930. The summed E-state index contributed by atoms with van der Waals surface area (Å²) >= 11 is 4.98. The van der Waals surface area contributed by atoms with Crippen LogP contribution in [0.1, 0.15) is 35.6 Å². The molecule has 1 rings (SSSR count). The van der Waals surface area contributed by atoms with Gasteiger partial charge in [0.05, 0.1) is 4.99 Å². The van der Waals surface area contributed by atoms with Crippen LogP contribution >= 0.6 is 12.2 Å². The molecule has 0 aliphatic carbocycles. The van der Waals surface area contributed by atoms with Crippen molar-refractivity contribution in [1.29, 1.82) is 0 Å². The van der Waals surface area contributed by atoms with Crippen LogP contribution in [0.15, 0.2) is 12.1 Å². The maximum Gasteiger partial charge on any atom is 0.0742 e. The van der Waals surface area contributed by atoms with Gasteiger partial charge in [0.1, 0.15) is 0 Å². The standard InChI is InChI=1S/C15H24N2S/c1-10-6-11(2)14(12(3)7-10)9-17(5)13(4)8-15(16)18/h6-7,13H,8-9H2,1-5H3,(H2,16,18). The molecular formula is C15H24N2S. The quantitative estimate of drug-likeness (QED) is 0.829. The molecule has 0 saturated carbocycles. The summed E-state index contributed by atoms with van der Waals surface area (Å²) in [7, 11) is 2.13. The highest BCUT2D eigenvalue weighted by Crippen LogP contribution is 2.19. The number of hydrogen-bond donors (Lipinski definition) is 1. The zero-order chi connectivity index (χ0) is 13.9. The van der Waals surface area contributed by atoms with Crippen molar-refractivity contribution in [3.8, 4) is 0 Å². The molecule has 1 unspecified atom stereocenters. The Balaban J connectivity index is 2.81. The maximum atomic E-state index is 5.61. The van der Waals surface area contributed by atoms with Crippen LogP contribution in [0.3, 0.4) is 0 Å². The van der Waals surface area contributed by atoms with E-state index in [0.717, 1.165) is 13.0 Å². The van der Waals surface area contributed by atoms with E-state index in [-0.39, 0.29) is 0 Å². The van der Waals surface area contributed by atoms with Crippen LogP contribution in [0.4, 0.5) is 0 Å². The van der Waals surface area contributed by atoms with E-state index in [1.54, 1.807) is 0 Å². The Morgan fingerprint density at radius 2 is 1.78 bits per heavy atom. The van der Waals surface area contributed by atoms with Crippen LogP contribution in [0.2, 0.25) is 0 Å². The van der Waals surface area contributed by atoms with Gasteiger partial charge in [0.15, 0.2) is 0 Å². The van der Waals surface area contributed by atoms with Gasteiger partial charge in [-0.2, -0.15) is 0 Å². The van der Waals surface area contributed by atoms with Gasteiger partial charge in [-0.1, -0.05) is 29.9 Å². The van der Waals surface area contributed by atoms with Crippen molar-refractivity contribution in [3.63, 3.8) is 0 Å². The first-order valence-corrected chi connectivity index (χ1v) is 6.77. The molecule has 0 bridgehead atoms. The summed E-state index contributed by atoms with van der Waals surface area (Å²) < 4.78 is 0. The molecule has 2 N–H and O–H groups in total. The topological polar surface area (TPSA) is 29.3 Å². The number of benzene rings is 1. The van der Waals surface area contributed by atoms with E-state index in [2.05, 4.69) is 51.8 Å². The first kappa shape index (κ1) is 15.1. The van der Waals surface area contributed by atoms with Gasteiger partial charge in [-0.05, 0) is 51.4 Å². The molecule has 1 aromatic rings. The minimum absolute atomic E-state index is 0.377. The highest BCUT2D eigenvalue weighted by atomic mass is 32.1. The van der Waals surface area contributed by atoms with Gasteiger partial charge in [0, 0.05) is 19.0 Å². The second-order valence-electron chi connectivity index (χ2n) is 5.31. The lowest BCUT2D eigenvalue weighted by Crippen LogP contribution is -2.32. The van der Waals surface area contributed by atoms with E-state index in [0.29, 0.717) is 11.0 Å². The largest absolute Gasteiger partial charge is 0.393 e. The van der Waals surface area contributed by atoms with Crippen molar-refractivity contribution in [2.45, 2.75) is 46.7 Å². The van der Waals surface area contributed by atoms with Gasteiger partial charge >= 0.3 is 0 Å². The lowest BCUT2D eigenvalue weighted by molar-refractivity contribution is 0.254. The van der Waals surface area contributed by atoms with Crippen molar-refractivity contribution in [1.82, 2.24) is 4.90 Å². The van der Waals surface area contributed by atoms with Gasteiger partial charge in [0.25, 0.3) is 0 Å². The summed E-state index contributed by atoms with van der Waals surface area (Å²) in [6.45, 7) is 9.62. The van der Waals surface area contributed by atoms with Crippen molar-refractivity contribution in [2.75, 3.05) is 7.05 Å². The Kier molecular flexibility index (Phi) is 5.29. The second kappa shape index (κ2) is 6.30. The van der Waals surface area contributed by atoms with Gasteiger partial charge in [0.2, 0.25) is 0 Å². The average molecular weight is 264 g/mol. The fourth-order valence-electron chi connectivity index (χ4n) is 2.31. The van der Waals surface area contributed by atoms with E-state index in [4.69, 9.17) is 18.0 Å². The van der Waals surface area contributed by atoms with Crippen LogP contribution in [-0.4, -0.2) is 23.0 Å². The Morgan fingerprint density at radius 1 is 1.28 bits per heavy atom. The Labute approximate surface area is 116 Å². The Bertz CT molecular complexity index is 417. The van der Waals surface area contributed by atoms with E-state index in [1.807, 2.05) is 0 Å². The minimum Gasteiger partial charge on any atom is -0.393 e. The minimum atomic E-state index is 0.377. The van der Waals surface area contributed by atoms with Crippen molar-refractivity contribution < 1.29 is 0 Å². The monoisotopic (exact) mass is 264 g/mol. The lowest BCUT2D eigenvalue weighted by atomic mass is 9.99. The van der Waals surface area contributed by atoms with Crippen LogP contribution in [0.25, 0.3) is 0 Å².